The molecule has 2 aromatic rings. The smallest absolute Gasteiger partial charge is 0.293 e. The van der Waals surface area contributed by atoms with Crippen LogP contribution in [0.4, 0.5) is 11.4 Å². The lowest BCUT2D eigenvalue weighted by atomic mass is 9.88. The molecule has 0 heterocycles. The van der Waals surface area contributed by atoms with Gasteiger partial charge in [-0.05, 0) is 70.9 Å². The fourth-order valence-electron chi connectivity index (χ4n) is 2.78. The van der Waals surface area contributed by atoms with E-state index >= 15 is 0 Å². The maximum Gasteiger partial charge on any atom is 0.293 e. The Hall–Kier alpha value is -4.27. The molecule has 0 aliphatic rings. The van der Waals surface area contributed by atoms with Crippen LogP contribution in [0.1, 0.15) is 47.1 Å². The molecule has 0 aromatic heterocycles. The van der Waals surface area contributed by atoms with Crippen LogP contribution < -0.4 is 15.2 Å². The molecular weight excluding hydrogens is 488 g/mol. The van der Waals surface area contributed by atoms with Gasteiger partial charge in [-0.2, -0.15) is 0 Å². The van der Waals surface area contributed by atoms with Gasteiger partial charge in [-0.25, -0.2) is 0 Å². The molecule has 2 rings (SSSR count). The summed E-state index contributed by atoms with van der Waals surface area (Å²) < 4.78 is 21.7. The standard InChI is InChI=1S/C21H26N2O4.C8H12O3/c1-6-7-15-8-11-17(12-9-15)26-20(2,3)21(4,5)27-19-13-10-16(23(24)25)14-18(19)22;1-7(2)8(3)11-5-4-10-6-9/h6-14H,22H2,1-5H3;6H,1,3-5H2,2H3/b7-6+;. The molecule has 0 radical (unpaired) electrons. The molecule has 9 nitrogen and oxygen atoms in total. The molecule has 0 bridgehead atoms. The van der Waals surface area contributed by atoms with E-state index in [2.05, 4.69) is 17.9 Å². The molecule has 0 saturated heterocycles. The lowest BCUT2D eigenvalue weighted by Gasteiger charge is -2.41. The fourth-order valence-corrected chi connectivity index (χ4v) is 2.78. The van der Waals surface area contributed by atoms with Gasteiger partial charge in [0.1, 0.15) is 41.7 Å². The SMILES string of the molecule is C/C=C/c1ccc(OC(C)(C)C(C)(C)Oc2ccc([N+](=O)[O-])cc2N)cc1.C=C(C)C(=C)OCCOC=O. The Morgan fingerprint density at radius 2 is 1.63 bits per heavy atom. The third-order valence-electron chi connectivity index (χ3n) is 5.65. The van der Waals surface area contributed by atoms with Crippen LogP contribution >= 0.6 is 0 Å². The lowest BCUT2D eigenvalue weighted by molar-refractivity contribution is -0.384. The van der Waals surface area contributed by atoms with Crippen molar-refractivity contribution in [1.82, 2.24) is 0 Å². The van der Waals surface area contributed by atoms with Gasteiger partial charge in [-0.3, -0.25) is 14.9 Å². The highest BCUT2D eigenvalue weighted by atomic mass is 16.6. The van der Waals surface area contributed by atoms with Gasteiger partial charge in [0.05, 0.1) is 10.6 Å². The molecule has 0 atom stereocenters. The van der Waals surface area contributed by atoms with E-state index in [-0.39, 0.29) is 18.0 Å². The second-order valence-corrected chi connectivity index (χ2v) is 9.29. The highest BCUT2D eigenvalue weighted by Crippen LogP contribution is 2.36. The van der Waals surface area contributed by atoms with Crippen molar-refractivity contribution in [2.75, 3.05) is 18.9 Å². The monoisotopic (exact) mass is 526 g/mol. The molecular formula is C29H38N2O7. The Morgan fingerprint density at radius 1 is 1.03 bits per heavy atom. The third-order valence-corrected chi connectivity index (χ3v) is 5.65. The molecule has 0 unspecified atom stereocenters. The van der Waals surface area contributed by atoms with Crippen LogP contribution in [0.15, 0.2) is 73.0 Å². The summed E-state index contributed by atoms with van der Waals surface area (Å²) in [6.45, 7) is 19.6. The second-order valence-electron chi connectivity index (χ2n) is 9.29. The lowest BCUT2D eigenvalue weighted by Crippen LogP contribution is -2.53. The summed E-state index contributed by atoms with van der Waals surface area (Å²) in [5, 5.41) is 10.9. The first-order valence-corrected chi connectivity index (χ1v) is 11.9. The van der Waals surface area contributed by atoms with Crippen molar-refractivity contribution in [2.24, 2.45) is 0 Å². The van der Waals surface area contributed by atoms with E-state index in [4.69, 9.17) is 19.9 Å². The molecule has 0 amide bonds. The quantitative estimate of drug-likeness (QED) is 0.0597. The number of hydrogen-bond donors (Lipinski definition) is 1. The number of nitro groups is 1. The summed E-state index contributed by atoms with van der Waals surface area (Å²) in [5.74, 6) is 1.63. The number of nitro benzene ring substituents is 1. The molecule has 206 valence electrons. The first-order valence-electron chi connectivity index (χ1n) is 11.9. The summed E-state index contributed by atoms with van der Waals surface area (Å²) in [6.07, 6.45) is 3.99. The van der Waals surface area contributed by atoms with Crippen LogP contribution in [0.5, 0.6) is 11.5 Å². The van der Waals surface area contributed by atoms with Crippen LogP contribution in [-0.2, 0) is 14.3 Å². The number of hydrogen-bond acceptors (Lipinski definition) is 8. The highest BCUT2D eigenvalue weighted by Gasteiger charge is 2.42. The number of nitrogens with zero attached hydrogens (tertiary/aromatic N) is 1. The number of allylic oxidation sites excluding steroid dienone is 2. The van der Waals surface area contributed by atoms with Gasteiger partial charge in [0.25, 0.3) is 12.2 Å². The molecule has 38 heavy (non-hydrogen) atoms. The van der Waals surface area contributed by atoms with E-state index in [1.54, 1.807) is 6.92 Å². The predicted octanol–water partition coefficient (Wildman–Crippen LogP) is 6.49. The number of ether oxygens (including phenoxy) is 4. The van der Waals surface area contributed by atoms with Crippen molar-refractivity contribution >= 4 is 23.9 Å². The van der Waals surface area contributed by atoms with Crippen molar-refractivity contribution in [3.05, 3.63) is 88.7 Å². The number of rotatable bonds is 13. The summed E-state index contributed by atoms with van der Waals surface area (Å²) in [7, 11) is 0. The van der Waals surface area contributed by atoms with Gasteiger partial charge in [0.2, 0.25) is 0 Å². The number of benzene rings is 2. The van der Waals surface area contributed by atoms with Crippen LogP contribution in [0.3, 0.4) is 0 Å². The van der Waals surface area contributed by atoms with Crippen LogP contribution in [0.2, 0.25) is 0 Å². The first-order chi connectivity index (χ1) is 17.7. The van der Waals surface area contributed by atoms with Gasteiger partial charge >= 0.3 is 0 Å². The molecule has 0 saturated carbocycles. The number of anilines is 1. The Kier molecular flexibility index (Phi) is 12.1. The molecule has 0 aliphatic carbocycles. The molecule has 0 fully saturated rings. The largest absolute Gasteiger partial charge is 0.490 e. The summed E-state index contributed by atoms with van der Waals surface area (Å²) in [6, 6.07) is 12.0. The summed E-state index contributed by atoms with van der Waals surface area (Å²) in [5.41, 5.74) is 6.47. The Bertz CT molecular complexity index is 1140. The van der Waals surface area contributed by atoms with Crippen LogP contribution in [0.25, 0.3) is 6.08 Å². The minimum atomic E-state index is -0.765. The van der Waals surface area contributed by atoms with E-state index in [1.165, 1.54) is 18.2 Å². The van der Waals surface area contributed by atoms with E-state index < -0.39 is 16.1 Å². The average molecular weight is 527 g/mol. The number of nitrogens with two attached hydrogens (primary N) is 1. The maximum absolute atomic E-state index is 10.9. The third kappa shape index (κ3) is 10.0. The van der Waals surface area contributed by atoms with Crippen LogP contribution in [-0.4, -0.2) is 35.8 Å². The number of carbonyl (C=O) groups excluding carboxylic acids is 1. The minimum absolute atomic E-state index is 0.0746. The number of carbonyl (C=O) groups is 1. The molecule has 2 N–H and O–H groups in total. The van der Waals surface area contributed by atoms with Crippen molar-refractivity contribution in [3.8, 4) is 11.5 Å². The first kappa shape index (κ1) is 31.8. The molecule has 0 spiro atoms. The van der Waals surface area contributed by atoms with Crippen molar-refractivity contribution in [1.29, 1.82) is 0 Å². The zero-order valence-corrected chi connectivity index (χ0v) is 23.0. The van der Waals surface area contributed by atoms with Crippen molar-refractivity contribution in [3.63, 3.8) is 0 Å². The van der Waals surface area contributed by atoms with E-state index in [0.29, 0.717) is 24.6 Å². The Morgan fingerprint density at radius 3 is 2.13 bits per heavy atom. The summed E-state index contributed by atoms with van der Waals surface area (Å²) in [4.78, 5) is 20.0. The predicted molar refractivity (Wildman–Crippen MR) is 150 cm³/mol. The van der Waals surface area contributed by atoms with E-state index in [9.17, 15) is 14.9 Å². The van der Waals surface area contributed by atoms with E-state index in [1.807, 2.05) is 71.0 Å². The van der Waals surface area contributed by atoms with Gasteiger partial charge < -0.3 is 24.7 Å². The maximum atomic E-state index is 10.9. The van der Waals surface area contributed by atoms with Crippen molar-refractivity contribution < 1.29 is 28.7 Å². The van der Waals surface area contributed by atoms with Gasteiger partial charge in [-0.1, -0.05) is 37.4 Å². The van der Waals surface area contributed by atoms with Gasteiger partial charge in [0, 0.05) is 12.1 Å². The fraction of sp³-hybridized carbons (Fsp3) is 0.345. The zero-order chi connectivity index (χ0) is 28.9. The topological polar surface area (TPSA) is 123 Å². The number of non-ortho nitro benzene ring substituents is 1. The normalized spacial score (nSPS) is 11.1. The average Bonchev–Trinajstić information content (AvgIpc) is 2.84. The zero-order valence-electron chi connectivity index (χ0n) is 23.0. The Labute approximate surface area is 224 Å². The molecule has 9 heteroatoms. The molecule has 2 aromatic carbocycles. The second kappa shape index (κ2) is 14.5. The van der Waals surface area contributed by atoms with E-state index in [0.717, 1.165) is 16.9 Å². The summed E-state index contributed by atoms with van der Waals surface area (Å²) >= 11 is 0. The molecule has 0 aliphatic heterocycles. The Balaban J connectivity index is 0.000000554. The number of nitrogen functional groups attached to an aromatic ring is 1. The van der Waals surface area contributed by atoms with Crippen LogP contribution in [0, 0.1) is 10.1 Å². The highest BCUT2D eigenvalue weighted by molar-refractivity contribution is 5.58. The van der Waals surface area contributed by atoms with Crippen molar-refractivity contribution in [2.45, 2.75) is 52.7 Å². The van der Waals surface area contributed by atoms with Gasteiger partial charge in [-0.15, -0.1) is 0 Å². The van der Waals surface area contributed by atoms with Gasteiger partial charge in [0.15, 0.2) is 0 Å². The minimum Gasteiger partial charge on any atom is -0.490 e.